The first-order valence-electron chi connectivity index (χ1n) is 5.67. The molecule has 0 aliphatic heterocycles. The molecule has 1 heterocycles. The van der Waals surface area contributed by atoms with Crippen LogP contribution in [0, 0.1) is 0 Å². The van der Waals surface area contributed by atoms with E-state index in [0.29, 0.717) is 11.6 Å². The minimum absolute atomic E-state index is 0.164. The number of hydrogen-bond acceptors (Lipinski definition) is 3. The van der Waals surface area contributed by atoms with Crippen LogP contribution in [0.3, 0.4) is 0 Å². The molecule has 1 aromatic rings. The van der Waals surface area contributed by atoms with Gasteiger partial charge in [0.15, 0.2) is 0 Å². The van der Waals surface area contributed by atoms with Crippen molar-refractivity contribution in [1.29, 1.82) is 0 Å². The molecule has 0 saturated heterocycles. The highest BCUT2D eigenvalue weighted by Gasteiger charge is 2.19. The molecule has 0 aromatic carbocycles. The van der Waals surface area contributed by atoms with Gasteiger partial charge >= 0.3 is 5.97 Å². The normalized spacial score (nSPS) is 17.2. The SMILES string of the molecule is Nc1cc(C(=O)O)cnc1C1CCCCC1. The van der Waals surface area contributed by atoms with Crippen molar-refractivity contribution >= 4 is 11.7 Å². The van der Waals surface area contributed by atoms with Gasteiger partial charge in [-0.3, -0.25) is 4.98 Å². The number of pyridine rings is 1. The second kappa shape index (κ2) is 4.51. The van der Waals surface area contributed by atoms with E-state index in [1.165, 1.54) is 31.5 Å². The Morgan fingerprint density at radius 3 is 2.62 bits per heavy atom. The number of hydrogen-bond donors (Lipinski definition) is 2. The molecular weight excluding hydrogens is 204 g/mol. The van der Waals surface area contributed by atoms with E-state index in [2.05, 4.69) is 4.98 Å². The number of nitrogen functional groups attached to an aromatic ring is 1. The fourth-order valence-electron chi connectivity index (χ4n) is 2.33. The fourth-order valence-corrected chi connectivity index (χ4v) is 2.33. The molecule has 3 N–H and O–H groups in total. The van der Waals surface area contributed by atoms with Gasteiger partial charge in [-0.25, -0.2) is 4.79 Å². The second-order valence-corrected chi connectivity index (χ2v) is 4.34. The van der Waals surface area contributed by atoms with Crippen LogP contribution >= 0.6 is 0 Å². The van der Waals surface area contributed by atoms with Gasteiger partial charge in [-0.1, -0.05) is 19.3 Å². The topological polar surface area (TPSA) is 76.2 Å². The number of rotatable bonds is 2. The van der Waals surface area contributed by atoms with E-state index >= 15 is 0 Å². The third-order valence-electron chi connectivity index (χ3n) is 3.19. The summed E-state index contributed by atoms with van der Waals surface area (Å²) in [6, 6.07) is 1.51. The van der Waals surface area contributed by atoms with E-state index < -0.39 is 5.97 Å². The Kier molecular flexibility index (Phi) is 3.08. The standard InChI is InChI=1S/C12H16N2O2/c13-10-6-9(12(15)16)7-14-11(10)8-4-2-1-3-5-8/h6-8H,1-5,13H2,(H,15,16). The molecule has 16 heavy (non-hydrogen) atoms. The quantitative estimate of drug-likeness (QED) is 0.802. The third-order valence-corrected chi connectivity index (χ3v) is 3.19. The van der Waals surface area contributed by atoms with Crippen molar-refractivity contribution in [3.63, 3.8) is 0 Å². The lowest BCUT2D eigenvalue weighted by atomic mass is 9.86. The van der Waals surface area contributed by atoms with Gasteiger partial charge in [-0.2, -0.15) is 0 Å². The summed E-state index contributed by atoms with van der Waals surface area (Å²) < 4.78 is 0. The summed E-state index contributed by atoms with van der Waals surface area (Å²) in [6.45, 7) is 0. The molecule has 1 aliphatic carbocycles. The van der Waals surface area contributed by atoms with Crippen LogP contribution in [0.4, 0.5) is 5.69 Å². The molecule has 0 amide bonds. The molecule has 4 nitrogen and oxygen atoms in total. The van der Waals surface area contributed by atoms with Gasteiger partial charge in [0, 0.05) is 12.1 Å². The lowest BCUT2D eigenvalue weighted by Gasteiger charge is -2.22. The minimum Gasteiger partial charge on any atom is -0.478 e. The van der Waals surface area contributed by atoms with Gasteiger partial charge in [-0.05, 0) is 18.9 Å². The molecule has 0 atom stereocenters. The number of aromatic nitrogens is 1. The van der Waals surface area contributed by atoms with Crippen LogP contribution in [0.25, 0.3) is 0 Å². The monoisotopic (exact) mass is 220 g/mol. The van der Waals surface area contributed by atoms with Crippen molar-refractivity contribution in [2.75, 3.05) is 5.73 Å². The van der Waals surface area contributed by atoms with Crippen molar-refractivity contribution < 1.29 is 9.90 Å². The van der Waals surface area contributed by atoms with Gasteiger partial charge < -0.3 is 10.8 Å². The lowest BCUT2D eigenvalue weighted by molar-refractivity contribution is 0.0696. The highest BCUT2D eigenvalue weighted by molar-refractivity contribution is 5.88. The summed E-state index contributed by atoms with van der Waals surface area (Å²) in [5.41, 5.74) is 7.43. The van der Waals surface area contributed by atoms with E-state index in [1.54, 1.807) is 0 Å². The Labute approximate surface area is 94.5 Å². The van der Waals surface area contributed by atoms with Crippen molar-refractivity contribution in [2.24, 2.45) is 0 Å². The Balaban J connectivity index is 2.24. The first kappa shape index (κ1) is 10.9. The first-order chi connectivity index (χ1) is 7.68. The number of aromatic carboxylic acids is 1. The summed E-state index contributed by atoms with van der Waals surface area (Å²) >= 11 is 0. The van der Waals surface area contributed by atoms with Crippen LogP contribution in [0.5, 0.6) is 0 Å². The van der Waals surface area contributed by atoms with Gasteiger partial charge in [-0.15, -0.1) is 0 Å². The second-order valence-electron chi connectivity index (χ2n) is 4.34. The maximum absolute atomic E-state index is 10.7. The molecule has 1 aromatic heterocycles. The highest BCUT2D eigenvalue weighted by Crippen LogP contribution is 2.34. The van der Waals surface area contributed by atoms with Crippen molar-refractivity contribution in [3.8, 4) is 0 Å². The van der Waals surface area contributed by atoms with E-state index in [0.717, 1.165) is 18.5 Å². The molecule has 4 heteroatoms. The fraction of sp³-hybridized carbons (Fsp3) is 0.500. The average molecular weight is 220 g/mol. The molecule has 2 rings (SSSR count). The largest absolute Gasteiger partial charge is 0.478 e. The lowest BCUT2D eigenvalue weighted by Crippen LogP contribution is -2.11. The molecule has 0 radical (unpaired) electrons. The van der Waals surface area contributed by atoms with E-state index in [4.69, 9.17) is 10.8 Å². The Morgan fingerprint density at radius 2 is 2.06 bits per heavy atom. The molecule has 0 bridgehead atoms. The Morgan fingerprint density at radius 1 is 1.38 bits per heavy atom. The molecule has 86 valence electrons. The molecule has 1 saturated carbocycles. The van der Waals surface area contributed by atoms with Crippen LogP contribution in [-0.2, 0) is 0 Å². The maximum atomic E-state index is 10.7. The zero-order valence-corrected chi connectivity index (χ0v) is 9.15. The van der Waals surface area contributed by atoms with Crippen LogP contribution < -0.4 is 5.73 Å². The number of nitrogens with zero attached hydrogens (tertiary/aromatic N) is 1. The van der Waals surface area contributed by atoms with Crippen molar-refractivity contribution in [3.05, 3.63) is 23.5 Å². The third kappa shape index (κ3) is 2.15. The molecule has 1 fully saturated rings. The van der Waals surface area contributed by atoms with Crippen LogP contribution in [-0.4, -0.2) is 16.1 Å². The van der Waals surface area contributed by atoms with E-state index in [1.807, 2.05) is 0 Å². The Bertz CT molecular complexity index is 398. The maximum Gasteiger partial charge on any atom is 0.337 e. The molecule has 0 spiro atoms. The predicted octanol–water partition coefficient (Wildman–Crippen LogP) is 2.41. The minimum atomic E-state index is -0.977. The van der Waals surface area contributed by atoms with Crippen LogP contribution in [0.2, 0.25) is 0 Å². The molecule has 1 aliphatic rings. The predicted molar refractivity (Wildman–Crippen MR) is 61.4 cm³/mol. The first-order valence-corrected chi connectivity index (χ1v) is 5.67. The molecular formula is C12H16N2O2. The molecule has 0 unspecified atom stereocenters. The number of carbonyl (C=O) groups is 1. The van der Waals surface area contributed by atoms with E-state index in [-0.39, 0.29) is 5.56 Å². The van der Waals surface area contributed by atoms with Crippen LogP contribution in [0.15, 0.2) is 12.3 Å². The van der Waals surface area contributed by atoms with E-state index in [9.17, 15) is 4.79 Å². The zero-order valence-electron chi connectivity index (χ0n) is 9.15. The summed E-state index contributed by atoms with van der Waals surface area (Å²) in [7, 11) is 0. The van der Waals surface area contributed by atoms with Gasteiger partial charge in [0.2, 0.25) is 0 Å². The number of anilines is 1. The van der Waals surface area contributed by atoms with Crippen molar-refractivity contribution in [1.82, 2.24) is 4.98 Å². The zero-order chi connectivity index (χ0) is 11.5. The van der Waals surface area contributed by atoms with Crippen molar-refractivity contribution in [2.45, 2.75) is 38.0 Å². The number of carboxylic acids is 1. The Hall–Kier alpha value is -1.58. The van der Waals surface area contributed by atoms with Crippen LogP contribution in [0.1, 0.15) is 54.1 Å². The smallest absolute Gasteiger partial charge is 0.337 e. The summed E-state index contributed by atoms with van der Waals surface area (Å²) in [4.78, 5) is 15.0. The number of nitrogens with two attached hydrogens (primary N) is 1. The highest BCUT2D eigenvalue weighted by atomic mass is 16.4. The van der Waals surface area contributed by atoms with Gasteiger partial charge in [0.1, 0.15) is 0 Å². The van der Waals surface area contributed by atoms with Gasteiger partial charge in [0.25, 0.3) is 0 Å². The summed E-state index contributed by atoms with van der Waals surface area (Å²) in [5, 5.41) is 8.81. The number of carboxylic acid groups (broad SMARTS) is 1. The summed E-state index contributed by atoms with van der Waals surface area (Å²) in [6.07, 6.45) is 7.35. The summed E-state index contributed by atoms with van der Waals surface area (Å²) in [5.74, 6) is -0.564. The average Bonchev–Trinajstić information content (AvgIpc) is 2.30. The van der Waals surface area contributed by atoms with Gasteiger partial charge in [0.05, 0.1) is 16.9 Å².